The first-order valence-electron chi connectivity index (χ1n) is 15.3. The Hall–Kier alpha value is -2.53. The number of nitrogens with zero attached hydrogens (tertiary/aromatic N) is 3. The molecule has 4 heteroatoms. The normalized spacial score (nSPS) is 17.9. The molecule has 0 radical (unpaired) electrons. The summed E-state index contributed by atoms with van der Waals surface area (Å²) in [6.07, 6.45) is 8.02. The predicted molar refractivity (Wildman–Crippen MR) is 162 cm³/mol. The molecule has 2 heterocycles. The Morgan fingerprint density at radius 1 is 0.974 bits per heavy atom. The van der Waals surface area contributed by atoms with Crippen LogP contribution in [0.5, 0.6) is 0 Å². The zero-order valence-corrected chi connectivity index (χ0v) is 24.6. The van der Waals surface area contributed by atoms with Gasteiger partial charge < -0.3 is 4.74 Å². The molecule has 0 bridgehead atoms. The highest BCUT2D eigenvalue weighted by molar-refractivity contribution is 5.69. The van der Waals surface area contributed by atoms with Gasteiger partial charge in [0.05, 0.1) is 18.9 Å². The van der Waals surface area contributed by atoms with Crippen molar-refractivity contribution in [3.63, 3.8) is 0 Å². The van der Waals surface area contributed by atoms with Crippen molar-refractivity contribution in [3.8, 4) is 11.3 Å². The van der Waals surface area contributed by atoms with Gasteiger partial charge in [-0.1, -0.05) is 56.3 Å². The summed E-state index contributed by atoms with van der Waals surface area (Å²) in [5.74, 6) is 0. The third-order valence-electron chi connectivity index (χ3n) is 8.98. The van der Waals surface area contributed by atoms with E-state index in [9.17, 15) is 0 Å². The molecule has 0 spiro atoms. The van der Waals surface area contributed by atoms with E-state index < -0.39 is 0 Å². The molecule has 1 aliphatic carbocycles. The summed E-state index contributed by atoms with van der Waals surface area (Å²) in [7, 11) is 2.32. The molecule has 3 aromatic rings. The fourth-order valence-electron chi connectivity index (χ4n) is 6.77. The molecular weight excluding hydrogens is 478 g/mol. The van der Waals surface area contributed by atoms with E-state index in [1.165, 1.54) is 70.3 Å². The minimum absolute atomic E-state index is 0.475. The summed E-state index contributed by atoms with van der Waals surface area (Å²) in [5.41, 5.74) is 12.5. The lowest BCUT2D eigenvalue weighted by Gasteiger charge is -2.34. The van der Waals surface area contributed by atoms with Crippen LogP contribution in [0.4, 0.5) is 0 Å². The molecule has 5 rings (SSSR count). The van der Waals surface area contributed by atoms with E-state index in [0.717, 1.165) is 64.3 Å². The van der Waals surface area contributed by atoms with Crippen LogP contribution in [0.15, 0.2) is 48.5 Å². The van der Waals surface area contributed by atoms with E-state index in [2.05, 4.69) is 86.1 Å². The average Bonchev–Trinajstić information content (AvgIpc) is 2.98. The number of benzene rings is 2. The number of pyridine rings is 1. The lowest BCUT2D eigenvalue weighted by molar-refractivity contribution is 0.0374. The van der Waals surface area contributed by atoms with Crippen LogP contribution in [-0.4, -0.2) is 54.7 Å². The zero-order valence-electron chi connectivity index (χ0n) is 24.6. The topological polar surface area (TPSA) is 28.6 Å². The van der Waals surface area contributed by atoms with Gasteiger partial charge >= 0.3 is 0 Å². The van der Waals surface area contributed by atoms with Gasteiger partial charge in [0.1, 0.15) is 0 Å². The molecule has 0 N–H and O–H groups in total. The molecule has 1 aromatic heterocycles. The van der Waals surface area contributed by atoms with Gasteiger partial charge in [-0.05, 0) is 105 Å². The second kappa shape index (κ2) is 13.2. The van der Waals surface area contributed by atoms with Crippen LogP contribution in [0.25, 0.3) is 11.3 Å². The number of hydrogen-bond donors (Lipinski definition) is 0. The summed E-state index contributed by atoms with van der Waals surface area (Å²) >= 11 is 0. The van der Waals surface area contributed by atoms with Crippen LogP contribution >= 0.6 is 0 Å². The van der Waals surface area contributed by atoms with Gasteiger partial charge in [0.15, 0.2) is 0 Å². The number of ether oxygens (including phenoxy) is 1. The Morgan fingerprint density at radius 3 is 2.46 bits per heavy atom. The van der Waals surface area contributed by atoms with Gasteiger partial charge in [0.2, 0.25) is 0 Å². The highest BCUT2D eigenvalue weighted by Gasteiger charge is 2.25. The maximum Gasteiger partial charge on any atom is 0.0713 e. The van der Waals surface area contributed by atoms with Crippen LogP contribution in [0.2, 0.25) is 0 Å². The monoisotopic (exact) mass is 525 g/mol. The molecule has 39 heavy (non-hydrogen) atoms. The first kappa shape index (κ1) is 28.0. The number of morpholine rings is 1. The summed E-state index contributed by atoms with van der Waals surface area (Å²) in [6.45, 7) is 12.7. The van der Waals surface area contributed by atoms with Crippen molar-refractivity contribution < 1.29 is 4.74 Å². The Bertz CT molecular complexity index is 1220. The lowest BCUT2D eigenvalue weighted by atomic mass is 9.86. The van der Waals surface area contributed by atoms with Gasteiger partial charge in [0.25, 0.3) is 0 Å². The van der Waals surface area contributed by atoms with Gasteiger partial charge in [-0.15, -0.1) is 0 Å². The first-order chi connectivity index (χ1) is 19.1. The van der Waals surface area contributed by atoms with E-state index in [-0.39, 0.29) is 0 Å². The number of fused-ring (bicyclic) bond motifs is 1. The molecular formula is C35H47N3O. The van der Waals surface area contributed by atoms with Crippen LogP contribution in [-0.2, 0) is 37.0 Å². The molecule has 1 saturated heterocycles. The number of aryl methyl sites for hydroxylation is 5. The molecule has 1 unspecified atom stereocenters. The van der Waals surface area contributed by atoms with Gasteiger partial charge in [-0.2, -0.15) is 0 Å². The highest BCUT2D eigenvalue weighted by atomic mass is 16.5. The molecule has 1 atom stereocenters. The quantitative estimate of drug-likeness (QED) is 0.286. The van der Waals surface area contributed by atoms with Crippen LogP contribution in [0, 0.1) is 6.92 Å². The molecule has 1 fully saturated rings. The van der Waals surface area contributed by atoms with Gasteiger partial charge in [0, 0.05) is 36.9 Å². The third kappa shape index (κ3) is 6.45. The van der Waals surface area contributed by atoms with Crippen LogP contribution in [0.3, 0.4) is 0 Å². The van der Waals surface area contributed by atoms with Crippen molar-refractivity contribution in [1.29, 1.82) is 0 Å². The van der Waals surface area contributed by atoms with Crippen molar-refractivity contribution in [1.82, 2.24) is 14.8 Å². The van der Waals surface area contributed by atoms with E-state index in [4.69, 9.17) is 9.72 Å². The van der Waals surface area contributed by atoms with E-state index in [1.54, 1.807) is 0 Å². The average molecular weight is 526 g/mol. The third-order valence-corrected chi connectivity index (χ3v) is 8.98. The second-order valence-corrected chi connectivity index (χ2v) is 11.5. The highest BCUT2D eigenvalue weighted by Crippen LogP contribution is 2.36. The van der Waals surface area contributed by atoms with Crippen molar-refractivity contribution >= 4 is 0 Å². The lowest BCUT2D eigenvalue weighted by Crippen LogP contribution is -2.37. The summed E-state index contributed by atoms with van der Waals surface area (Å²) in [6, 6.07) is 18.8. The SMILES string of the molecule is CCc1cccc(CC)c1-c1cc(CCCN2CCOCC2)c(CN(C)C2CCCc3ccccc32)c(C)n1. The molecule has 1 aliphatic heterocycles. The molecule has 0 amide bonds. The first-order valence-corrected chi connectivity index (χ1v) is 15.3. The minimum atomic E-state index is 0.475. The van der Waals surface area contributed by atoms with E-state index in [1.807, 2.05) is 0 Å². The van der Waals surface area contributed by atoms with Crippen molar-refractivity contribution in [2.24, 2.45) is 0 Å². The Kier molecular flexibility index (Phi) is 9.49. The van der Waals surface area contributed by atoms with Gasteiger partial charge in [-0.3, -0.25) is 14.8 Å². The summed E-state index contributed by atoms with van der Waals surface area (Å²) in [5, 5.41) is 0. The maximum absolute atomic E-state index is 5.58. The predicted octanol–water partition coefficient (Wildman–Crippen LogP) is 6.96. The molecule has 2 aromatic carbocycles. The second-order valence-electron chi connectivity index (χ2n) is 11.5. The minimum Gasteiger partial charge on any atom is -0.379 e. The summed E-state index contributed by atoms with van der Waals surface area (Å²) in [4.78, 5) is 10.5. The van der Waals surface area contributed by atoms with Gasteiger partial charge in [-0.25, -0.2) is 0 Å². The molecule has 208 valence electrons. The fraction of sp³-hybridized carbons (Fsp3) is 0.514. The molecule has 2 aliphatic rings. The smallest absolute Gasteiger partial charge is 0.0713 e. The summed E-state index contributed by atoms with van der Waals surface area (Å²) < 4.78 is 5.58. The van der Waals surface area contributed by atoms with Crippen LogP contribution < -0.4 is 0 Å². The van der Waals surface area contributed by atoms with Crippen LogP contribution in [0.1, 0.15) is 78.2 Å². The van der Waals surface area contributed by atoms with Crippen molar-refractivity contribution in [2.45, 2.75) is 78.3 Å². The molecule has 0 saturated carbocycles. The standard InChI is InChI=1S/C35H47N3O/c1-5-27-13-9-14-28(6-2)35(27)33-24-30(16-11-19-38-20-22-39-23-21-38)32(26(3)36-33)25-37(4)34-18-10-15-29-12-7-8-17-31(29)34/h7-9,12-14,17,24,34H,5-6,10-11,15-16,18-23,25H2,1-4H3. The van der Waals surface area contributed by atoms with E-state index >= 15 is 0 Å². The largest absolute Gasteiger partial charge is 0.379 e. The fourth-order valence-corrected chi connectivity index (χ4v) is 6.77. The number of hydrogen-bond acceptors (Lipinski definition) is 4. The maximum atomic E-state index is 5.58. The number of aromatic nitrogens is 1. The Morgan fingerprint density at radius 2 is 1.72 bits per heavy atom. The van der Waals surface area contributed by atoms with E-state index in [0.29, 0.717) is 6.04 Å². The molecule has 4 nitrogen and oxygen atoms in total. The number of rotatable bonds is 10. The Labute approximate surface area is 236 Å². The van der Waals surface area contributed by atoms with Crippen molar-refractivity contribution in [2.75, 3.05) is 39.9 Å². The zero-order chi connectivity index (χ0) is 27.2. The van der Waals surface area contributed by atoms with Crippen molar-refractivity contribution in [3.05, 3.63) is 87.6 Å². The Balaban J connectivity index is 1.46.